The summed E-state index contributed by atoms with van der Waals surface area (Å²) in [6.45, 7) is 3.83. The van der Waals surface area contributed by atoms with Crippen molar-refractivity contribution in [3.05, 3.63) is 88.9 Å². The van der Waals surface area contributed by atoms with Gasteiger partial charge in [-0.2, -0.15) is 0 Å². The van der Waals surface area contributed by atoms with Gasteiger partial charge in [-0.15, -0.1) is 0 Å². The fourth-order valence-corrected chi connectivity index (χ4v) is 3.08. The van der Waals surface area contributed by atoms with Crippen LogP contribution in [0, 0.1) is 13.8 Å². The van der Waals surface area contributed by atoms with Gasteiger partial charge in [0.05, 0.1) is 22.3 Å². The van der Waals surface area contributed by atoms with Gasteiger partial charge < -0.3 is 9.26 Å². The van der Waals surface area contributed by atoms with Gasteiger partial charge in [-0.1, -0.05) is 41.6 Å². The molecular formula is C23H20N4O4. The van der Waals surface area contributed by atoms with E-state index in [1.807, 2.05) is 31.2 Å². The average Bonchev–Trinajstić information content (AvgIpc) is 3.12. The second-order valence-electron chi connectivity index (χ2n) is 6.88. The predicted molar refractivity (Wildman–Crippen MR) is 113 cm³/mol. The van der Waals surface area contributed by atoms with Crippen molar-refractivity contribution in [2.75, 3.05) is 0 Å². The number of carbonyl (C=O) groups is 2. The van der Waals surface area contributed by atoms with Gasteiger partial charge in [0.2, 0.25) is 0 Å². The zero-order valence-electron chi connectivity index (χ0n) is 17.0. The summed E-state index contributed by atoms with van der Waals surface area (Å²) in [4.78, 5) is 29.4. The summed E-state index contributed by atoms with van der Waals surface area (Å²) in [5, 5.41) is 4.82. The first-order valence-electron chi connectivity index (χ1n) is 9.63. The number of rotatable bonds is 5. The van der Waals surface area contributed by atoms with Crippen molar-refractivity contribution in [3.63, 3.8) is 0 Å². The Kier molecular flexibility index (Phi) is 5.61. The lowest BCUT2D eigenvalue weighted by Gasteiger charge is -2.12. The van der Waals surface area contributed by atoms with E-state index in [0.717, 1.165) is 16.6 Å². The molecule has 2 heterocycles. The Hall–Kier alpha value is -4.20. The van der Waals surface area contributed by atoms with Gasteiger partial charge in [0.1, 0.15) is 23.8 Å². The van der Waals surface area contributed by atoms with Crippen molar-refractivity contribution in [2.24, 2.45) is 0 Å². The molecule has 156 valence electrons. The molecule has 0 aliphatic heterocycles. The third kappa shape index (κ3) is 4.37. The first kappa shape index (κ1) is 20.1. The van der Waals surface area contributed by atoms with Crippen molar-refractivity contribution in [2.45, 2.75) is 20.5 Å². The molecule has 0 aliphatic rings. The maximum absolute atomic E-state index is 12.7. The average molecular weight is 416 g/mol. The summed E-state index contributed by atoms with van der Waals surface area (Å²) in [7, 11) is 0. The van der Waals surface area contributed by atoms with Crippen LogP contribution in [-0.4, -0.2) is 22.0 Å². The summed E-state index contributed by atoms with van der Waals surface area (Å²) in [6.07, 6.45) is 0. The standard InChI is InChI=1S/C23H20N4O4/c1-14-18(15(2)31-27-14)13-30-21-10-6-4-8-17(21)22(28)25-26-23(29)20-12-11-16-7-3-5-9-19(16)24-20/h3-12H,13H2,1-2H3,(H,25,28)(H,26,29). The van der Waals surface area contributed by atoms with Crippen LogP contribution in [0.4, 0.5) is 0 Å². The number of para-hydroxylation sites is 2. The van der Waals surface area contributed by atoms with Crippen LogP contribution in [0.3, 0.4) is 0 Å². The Morgan fingerprint density at radius 1 is 0.935 bits per heavy atom. The van der Waals surface area contributed by atoms with Gasteiger partial charge in [-0.25, -0.2) is 4.98 Å². The number of benzene rings is 2. The minimum atomic E-state index is -0.520. The summed E-state index contributed by atoms with van der Waals surface area (Å²) in [5.41, 5.74) is 7.53. The number of hydrogen-bond acceptors (Lipinski definition) is 6. The quantitative estimate of drug-likeness (QED) is 0.483. The molecule has 2 amide bonds. The molecule has 0 fully saturated rings. The number of carbonyl (C=O) groups excluding carboxylic acids is 2. The number of amides is 2. The second-order valence-corrected chi connectivity index (χ2v) is 6.88. The molecule has 0 aliphatic carbocycles. The minimum absolute atomic E-state index is 0.196. The molecule has 4 rings (SSSR count). The van der Waals surface area contributed by atoms with Crippen LogP contribution in [-0.2, 0) is 6.61 Å². The van der Waals surface area contributed by atoms with Crippen molar-refractivity contribution >= 4 is 22.7 Å². The van der Waals surface area contributed by atoms with E-state index in [-0.39, 0.29) is 17.9 Å². The Bertz CT molecular complexity index is 1250. The normalized spacial score (nSPS) is 10.6. The molecule has 0 radical (unpaired) electrons. The molecule has 0 bridgehead atoms. The molecule has 31 heavy (non-hydrogen) atoms. The van der Waals surface area contributed by atoms with Crippen LogP contribution < -0.4 is 15.6 Å². The van der Waals surface area contributed by atoms with E-state index >= 15 is 0 Å². The second kappa shape index (κ2) is 8.66. The number of nitrogens with zero attached hydrogens (tertiary/aromatic N) is 2. The van der Waals surface area contributed by atoms with Gasteiger partial charge >= 0.3 is 0 Å². The zero-order chi connectivity index (χ0) is 21.8. The molecule has 0 unspecified atom stereocenters. The molecule has 8 nitrogen and oxygen atoms in total. The lowest BCUT2D eigenvalue weighted by molar-refractivity contribution is 0.0841. The summed E-state index contributed by atoms with van der Waals surface area (Å²) >= 11 is 0. The number of fused-ring (bicyclic) bond motifs is 1. The minimum Gasteiger partial charge on any atom is -0.488 e. The van der Waals surface area contributed by atoms with Crippen LogP contribution in [0.5, 0.6) is 5.75 Å². The number of aryl methyl sites for hydroxylation is 2. The zero-order valence-corrected chi connectivity index (χ0v) is 17.0. The monoisotopic (exact) mass is 416 g/mol. The largest absolute Gasteiger partial charge is 0.488 e. The Labute approximate surface area is 178 Å². The topological polar surface area (TPSA) is 106 Å². The highest BCUT2D eigenvalue weighted by atomic mass is 16.5. The van der Waals surface area contributed by atoms with Crippen molar-refractivity contribution in [3.8, 4) is 5.75 Å². The highest BCUT2D eigenvalue weighted by molar-refractivity contribution is 6.00. The maximum atomic E-state index is 12.7. The fraction of sp³-hybridized carbons (Fsp3) is 0.130. The summed E-state index contributed by atoms with van der Waals surface area (Å²) in [5.74, 6) is 0.00406. The Morgan fingerprint density at radius 2 is 1.68 bits per heavy atom. The number of pyridine rings is 1. The highest BCUT2D eigenvalue weighted by Crippen LogP contribution is 2.21. The van der Waals surface area contributed by atoms with Crippen LogP contribution in [0.1, 0.15) is 37.9 Å². The number of hydrogen-bond donors (Lipinski definition) is 2. The van der Waals surface area contributed by atoms with Crippen LogP contribution >= 0.6 is 0 Å². The van der Waals surface area contributed by atoms with Gasteiger partial charge in [-0.05, 0) is 38.1 Å². The number of hydrazine groups is 1. The van der Waals surface area contributed by atoms with Gasteiger partial charge in [-0.3, -0.25) is 20.4 Å². The number of nitrogens with one attached hydrogen (secondary N) is 2. The van der Waals surface area contributed by atoms with Crippen molar-refractivity contribution in [1.29, 1.82) is 0 Å². The molecule has 2 aromatic carbocycles. The molecule has 8 heteroatoms. The first-order chi connectivity index (χ1) is 15.0. The molecule has 0 saturated carbocycles. The Balaban J connectivity index is 1.43. The highest BCUT2D eigenvalue weighted by Gasteiger charge is 2.16. The van der Waals surface area contributed by atoms with Gasteiger partial charge in [0.15, 0.2) is 0 Å². The van der Waals surface area contributed by atoms with E-state index in [1.165, 1.54) is 0 Å². The van der Waals surface area contributed by atoms with Crippen LogP contribution in [0.25, 0.3) is 10.9 Å². The van der Waals surface area contributed by atoms with E-state index in [2.05, 4.69) is 21.0 Å². The molecule has 2 aromatic heterocycles. The fourth-order valence-electron chi connectivity index (χ4n) is 3.08. The van der Waals surface area contributed by atoms with E-state index in [0.29, 0.717) is 17.0 Å². The molecule has 0 saturated heterocycles. The summed E-state index contributed by atoms with van der Waals surface area (Å²) in [6, 6.07) is 17.6. The van der Waals surface area contributed by atoms with Gasteiger partial charge in [0, 0.05) is 5.39 Å². The Morgan fingerprint density at radius 3 is 2.48 bits per heavy atom. The van der Waals surface area contributed by atoms with Crippen LogP contribution in [0.2, 0.25) is 0 Å². The van der Waals surface area contributed by atoms with Crippen molar-refractivity contribution < 1.29 is 18.8 Å². The number of ether oxygens (including phenoxy) is 1. The summed E-state index contributed by atoms with van der Waals surface area (Å²) < 4.78 is 11.0. The first-order valence-corrected chi connectivity index (χ1v) is 9.63. The number of aromatic nitrogens is 2. The van der Waals surface area contributed by atoms with Crippen molar-refractivity contribution in [1.82, 2.24) is 21.0 Å². The third-order valence-electron chi connectivity index (χ3n) is 4.81. The van der Waals surface area contributed by atoms with E-state index in [1.54, 1.807) is 43.3 Å². The smallest absolute Gasteiger partial charge is 0.288 e. The lowest BCUT2D eigenvalue weighted by atomic mass is 10.2. The maximum Gasteiger partial charge on any atom is 0.288 e. The molecule has 4 aromatic rings. The lowest BCUT2D eigenvalue weighted by Crippen LogP contribution is -2.42. The molecular weight excluding hydrogens is 396 g/mol. The SMILES string of the molecule is Cc1noc(C)c1COc1ccccc1C(=O)NNC(=O)c1ccc2ccccc2n1. The van der Waals surface area contributed by atoms with Crippen LogP contribution in [0.15, 0.2) is 65.2 Å². The van der Waals surface area contributed by atoms with E-state index < -0.39 is 11.8 Å². The molecule has 0 spiro atoms. The van der Waals surface area contributed by atoms with E-state index in [4.69, 9.17) is 9.26 Å². The third-order valence-corrected chi connectivity index (χ3v) is 4.81. The van der Waals surface area contributed by atoms with Gasteiger partial charge in [0.25, 0.3) is 11.8 Å². The molecule has 2 N–H and O–H groups in total. The predicted octanol–water partition coefficient (Wildman–Crippen LogP) is 3.49. The molecule has 0 atom stereocenters. The van der Waals surface area contributed by atoms with E-state index in [9.17, 15) is 9.59 Å².